The molecule has 0 saturated carbocycles. The smallest absolute Gasteiger partial charge is 0.269 e. The van der Waals surface area contributed by atoms with Crippen molar-refractivity contribution >= 4 is 16.7 Å². The molecule has 2 heterocycles. The number of likely N-dealkylation sites (N-methyl/N-ethyl adjacent to an activating group) is 1. The van der Waals surface area contributed by atoms with Gasteiger partial charge in [0.05, 0.1) is 10.9 Å². The normalized spacial score (nSPS) is 17.2. The van der Waals surface area contributed by atoms with Crippen LogP contribution in [0.4, 0.5) is 19.0 Å². The second kappa shape index (κ2) is 8.07. The third-order valence-corrected chi connectivity index (χ3v) is 4.77. The van der Waals surface area contributed by atoms with Crippen LogP contribution in [-0.2, 0) is 6.54 Å². The molecule has 1 saturated heterocycles. The molecule has 2 aromatic rings. The molecule has 1 aliphatic heterocycles. The molecule has 0 amide bonds. The highest BCUT2D eigenvalue weighted by Gasteiger charge is 2.21. The number of piperazine rings is 1. The molecule has 8 heteroatoms. The predicted octanol–water partition coefficient (Wildman–Crippen LogP) is 2.53. The van der Waals surface area contributed by atoms with Crippen LogP contribution in [-0.4, -0.2) is 60.5 Å². The summed E-state index contributed by atoms with van der Waals surface area (Å²) in [7, 11) is 2.03. The molecule has 0 aliphatic carbocycles. The summed E-state index contributed by atoms with van der Waals surface area (Å²) in [5.74, 6) is 0.377. The Morgan fingerprint density at radius 1 is 1.12 bits per heavy atom. The molecule has 5 nitrogen and oxygen atoms in total. The second-order valence-corrected chi connectivity index (χ2v) is 6.68. The van der Waals surface area contributed by atoms with Gasteiger partial charge in [-0.15, -0.1) is 0 Å². The molecule has 1 fully saturated rings. The van der Waals surface area contributed by atoms with Crippen molar-refractivity contribution in [2.24, 2.45) is 0 Å². The molecular formula is C18H23F3N4O. The van der Waals surface area contributed by atoms with Gasteiger partial charge in [-0.3, -0.25) is 9.48 Å². The molecule has 1 aliphatic rings. The molecule has 0 radical (unpaired) electrons. The topological polar surface area (TPSA) is 41.4 Å². The molecule has 1 aromatic heterocycles. The Bertz CT molecular complexity index is 803. The average molecular weight is 368 g/mol. The third-order valence-electron chi connectivity index (χ3n) is 4.77. The van der Waals surface area contributed by atoms with E-state index in [2.05, 4.69) is 10.00 Å². The Morgan fingerprint density at radius 3 is 2.50 bits per heavy atom. The molecule has 1 unspecified atom stereocenters. The monoisotopic (exact) mass is 368 g/mol. The number of halogens is 3. The molecule has 0 spiro atoms. The minimum Gasteiger partial charge on any atom is -0.349 e. The summed E-state index contributed by atoms with van der Waals surface area (Å²) in [6.45, 7) is 3.37. The average Bonchev–Trinajstić information content (AvgIpc) is 2.64. The fourth-order valence-corrected chi connectivity index (χ4v) is 3.18. The summed E-state index contributed by atoms with van der Waals surface area (Å²) >= 11 is 0. The van der Waals surface area contributed by atoms with Crippen LogP contribution >= 0.6 is 0 Å². The van der Waals surface area contributed by atoms with Crippen LogP contribution in [0.3, 0.4) is 0 Å². The van der Waals surface area contributed by atoms with Crippen molar-refractivity contribution in [3.63, 3.8) is 0 Å². The molecule has 3 rings (SSSR count). The number of para-hydroxylation sites is 1. The summed E-state index contributed by atoms with van der Waals surface area (Å²) < 4.78 is 39.5. The van der Waals surface area contributed by atoms with Crippen molar-refractivity contribution in [3.05, 3.63) is 34.5 Å². The van der Waals surface area contributed by atoms with E-state index < -0.39 is 12.6 Å². The number of rotatable bonds is 6. The van der Waals surface area contributed by atoms with Crippen molar-refractivity contribution in [2.75, 3.05) is 38.1 Å². The zero-order valence-corrected chi connectivity index (χ0v) is 14.7. The maximum atomic E-state index is 13.2. The number of aromatic nitrogens is 2. The van der Waals surface area contributed by atoms with E-state index >= 15 is 0 Å². The first kappa shape index (κ1) is 18.7. The van der Waals surface area contributed by atoms with E-state index in [-0.39, 0.29) is 24.8 Å². The number of anilines is 1. The largest absolute Gasteiger partial charge is 0.349 e. The van der Waals surface area contributed by atoms with Gasteiger partial charge in [-0.1, -0.05) is 12.1 Å². The van der Waals surface area contributed by atoms with Gasteiger partial charge in [0.25, 0.3) is 6.43 Å². The number of aryl methyl sites for hydroxylation is 1. The fraction of sp³-hybridized carbons (Fsp3) is 0.556. The van der Waals surface area contributed by atoms with E-state index in [4.69, 9.17) is 0 Å². The minimum absolute atomic E-state index is 0.127. The van der Waals surface area contributed by atoms with Gasteiger partial charge in [0, 0.05) is 32.7 Å². The number of fused-ring (bicyclic) bond motifs is 1. The highest BCUT2D eigenvalue weighted by Crippen LogP contribution is 2.17. The van der Waals surface area contributed by atoms with E-state index in [0.717, 1.165) is 13.1 Å². The Balaban J connectivity index is 1.89. The van der Waals surface area contributed by atoms with Crippen molar-refractivity contribution in [3.8, 4) is 0 Å². The zero-order chi connectivity index (χ0) is 18.7. The Labute approximate surface area is 150 Å². The first-order valence-corrected chi connectivity index (χ1v) is 8.83. The lowest BCUT2D eigenvalue weighted by molar-refractivity contribution is 0.0437. The molecule has 1 aromatic carbocycles. The van der Waals surface area contributed by atoms with Crippen LogP contribution in [0.1, 0.15) is 12.8 Å². The first-order chi connectivity index (χ1) is 12.5. The van der Waals surface area contributed by atoms with Crippen LogP contribution in [0.5, 0.6) is 0 Å². The van der Waals surface area contributed by atoms with Crippen LogP contribution < -0.4 is 10.3 Å². The van der Waals surface area contributed by atoms with Crippen LogP contribution in [0.2, 0.25) is 0 Å². The molecule has 0 N–H and O–H groups in total. The van der Waals surface area contributed by atoms with Gasteiger partial charge in [-0.25, -0.2) is 13.2 Å². The number of hydrogen-bond donors (Lipinski definition) is 0. The summed E-state index contributed by atoms with van der Waals surface area (Å²) in [4.78, 5) is 17.0. The maximum Gasteiger partial charge on any atom is 0.269 e. The quantitative estimate of drug-likeness (QED) is 0.786. The summed E-state index contributed by atoms with van der Waals surface area (Å²) in [6, 6.07) is 7.10. The Kier molecular flexibility index (Phi) is 5.80. The molecule has 0 bridgehead atoms. The van der Waals surface area contributed by atoms with Crippen molar-refractivity contribution < 1.29 is 13.2 Å². The summed E-state index contributed by atoms with van der Waals surface area (Å²) in [5.41, 5.74) is 0.514. The van der Waals surface area contributed by atoms with Crippen LogP contribution in [0, 0.1) is 0 Å². The molecule has 142 valence electrons. The van der Waals surface area contributed by atoms with E-state index in [1.165, 1.54) is 0 Å². The number of alkyl halides is 3. The molecule has 26 heavy (non-hydrogen) atoms. The summed E-state index contributed by atoms with van der Waals surface area (Å²) in [6.07, 6.45) is -5.09. The van der Waals surface area contributed by atoms with Gasteiger partial charge in [0.1, 0.15) is 0 Å². The van der Waals surface area contributed by atoms with Crippen LogP contribution in [0.15, 0.2) is 29.1 Å². The van der Waals surface area contributed by atoms with Crippen molar-refractivity contribution in [1.29, 1.82) is 0 Å². The lowest BCUT2D eigenvalue weighted by atomic mass is 10.2. The lowest BCUT2D eigenvalue weighted by Gasteiger charge is -2.33. The standard InChI is InChI=1S/C18H23F3N4O/c1-23-9-11-24(12-10-23)18-16(26)13-5-2-3-7-15(13)25(22-18)8-4-6-14(19)17(20)21/h2-3,5,7,14,17H,4,6,8-12H2,1H3. The zero-order valence-electron chi connectivity index (χ0n) is 14.7. The van der Waals surface area contributed by atoms with E-state index in [1.54, 1.807) is 28.9 Å². The second-order valence-electron chi connectivity index (χ2n) is 6.68. The Morgan fingerprint density at radius 2 is 1.81 bits per heavy atom. The highest BCUT2D eigenvalue weighted by molar-refractivity contribution is 5.80. The van der Waals surface area contributed by atoms with Crippen molar-refractivity contribution in [2.45, 2.75) is 32.0 Å². The van der Waals surface area contributed by atoms with Gasteiger partial charge in [-0.2, -0.15) is 5.10 Å². The first-order valence-electron chi connectivity index (χ1n) is 8.83. The van der Waals surface area contributed by atoms with Crippen molar-refractivity contribution in [1.82, 2.24) is 14.7 Å². The maximum absolute atomic E-state index is 13.2. The third kappa shape index (κ3) is 4.00. The van der Waals surface area contributed by atoms with Gasteiger partial charge < -0.3 is 9.80 Å². The lowest BCUT2D eigenvalue weighted by Crippen LogP contribution is -2.46. The fourth-order valence-electron chi connectivity index (χ4n) is 3.18. The number of nitrogens with zero attached hydrogens (tertiary/aromatic N) is 4. The predicted molar refractivity (Wildman–Crippen MR) is 95.8 cm³/mol. The van der Waals surface area contributed by atoms with E-state index in [1.807, 2.05) is 11.9 Å². The van der Waals surface area contributed by atoms with E-state index in [0.29, 0.717) is 29.8 Å². The summed E-state index contributed by atoms with van der Waals surface area (Å²) in [5, 5.41) is 5.04. The number of benzene rings is 1. The van der Waals surface area contributed by atoms with Gasteiger partial charge >= 0.3 is 0 Å². The van der Waals surface area contributed by atoms with Gasteiger partial charge in [0.2, 0.25) is 5.43 Å². The Hall–Kier alpha value is -2.09. The number of hydrogen-bond acceptors (Lipinski definition) is 4. The van der Waals surface area contributed by atoms with E-state index in [9.17, 15) is 18.0 Å². The van der Waals surface area contributed by atoms with Gasteiger partial charge in [0.15, 0.2) is 12.0 Å². The molecule has 1 atom stereocenters. The SMILES string of the molecule is CN1CCN(c2nn(CCCC(F)C(F)F)c3ccccc3c2=O)CC1. The molecular weight excluding hydrogens is 345 g/mol. The van der Waals surface area contributed by atoms with Crippen LogP contribution in [0.25, 0.3) is 10.9 Å². The van der Waals surface area contributed by atoms with Gasteiger partial charge in [-0.05, 0) is 32.0 Å². The highest BCUT2D eigenvalue weighted by atomic mass is 19.3. The minimum atomic E-state index is -2.96.